The number of anilines is 1. The van der Waals surface area contributed by atoms with Gasteiger partial charge in [-0.05, 0) is 18.9 Å². The van der Waals surface area contributed by atoms with E-state index in [2.05, 4.69) is 24.1 Å². The van der Waals surface area contributed by atoms with Crippen molar-refractivity contribution in [1.29, 1.82) is 0 Å². The molecule has 1 atom stereocenters. The second-order valence-electron chi connectivity index (χ2n) is 4.08. The quantitative estimate of drug-likeness (QED) is 0.745. The molecule has 0 aliphatic carbocycles. The summed E-state index contributed by atoms with van der Waals surface area (Å²) in [4.78, 5) is 4.09. The van der Waals surface area contributed by atoms with Gasteiger partial charge in [-0.2, -0.15) is 0 Å². The molecule has 3 heteroatoms. The van der Waals surface area contributed by atoms with Gasteiger partial charge in [-0.15, -0.1) is 0 Å². The largest absolute Gasteiger partial charge is 0.392 e. The maximum absolute atomic E-state index is 9.21. The van der Waals surface area contributed by atoms with Crippen molar-refractivity contribution in [3.05, 3.63) is 24.0 Å². The van der Waals surface area contributed by atoms with Gasteiger partial charge in [-0.3, -0.25) is 4.98 Å². The van der Waals surface area contributed by atoms with Gasteiger partial charge in [0.05, 0.1) is 18.5 Å². The van der Waals surface area contributed by atoms with Crippen LogP contribution in [0.1, 0.15) is 45.1 Å². The molecule has 1 rings (SSSR count). The molecular weight excluding hydrogens is 200 g/mol. The van der Waals surface area contributed by atoms with E-state index in [1.165, 1.54) is 19.3 Å². The zero-order valence-electron chi connectivity index (χ0n) is 10.2. The van der Waals surface area contributed by atoms with E-state index >= 15 is 0 Å². The zero-order valence-corrected chi connectivity index (χ0v) is 10.2. The molecule has 0 saturated carbocycles. The number of nitrogens with zero attached hydrogens (tertiary/aromatic N) is 1. The molecule has 1 aromatic rings. The SMILES string of the molecule is CCCCC(CC)Nc1cnccc1CO. The molecule has 0 fully saturated rings. The van der Waals surface area contributed by atoms with Gasteiger partial charge in [0.1, 0.15) is 0 Å². The van der Waals surface area contributed by atoms with Crippen molar-refractivity contribution in [2.75, 3.05) is 5.32 Å². The third kappa shape index (κ3) is 3.81. The van der Waals surface area contributed by atoms with E-state index in [9.17, 15) is 5.11 Å². The number of hydrogen-bond donors (Lipinski definition) is 2. The summed E-state index contributed by atoms with van der Waals surface area (Å²) in [5.74, 6) is 0. The molecule has 0 aliphatic heterocycles. The van der Waals surface area contributed by atoms with Gasteiger partial charge in [0.15, 0.2) is 0 Å². The standard InChI is InChI=1S/C13H22N2O/c1-3-5-6-12(4-2)15-13-9-14-8-7-11(13)10-16/h7-9,12,15-16H,3-6,10H2,1-2H3. The van der Waals surface area contributed by atoms with Crippen LogP contribution in [-0.2, 0) is 6.61 Å². The van der Waals surface area contributed by atoms with E-state index in [1.807, 2.05) is 6.07 Å². The Bertz CT molecular complexity index is 302. The predicted molar refractivity (Wildman–Crippen MR) is 67.4 cm³/mol. The van der Waals surface area contributed by atoms with Crippen LogP contribution in [0.2, 0.25) is 0 Å². The number of aromatic nitrogens is 1. The first-order valence-electron chi connectivity index (χ1n) is 6.12. The highest BCUT2D eigenvalue weighted by Crippen LogP contribution is 2.17. The van der Waals surface area contributed by atoms with Crippen molar-refractivity contribution in [2.45, 2.75) is 52.2 Å². The van der Waals surface area contributed by atoms with Gasteiger partial charge in [-0.1, -0.05) is 26.7 Å². The first-order chi connectivity index (χ1) is 7.81. The monoisotopic (exact) mass is 222 g/mol. The van der Waals surface area contributed by atoms with Gasteiger partial charge < -0.3 is 10.4 Å². The molecule has 2 N–H and O–H groups in total. The number of nitrogens with one attached hydrogen (secondary N) is 1. The van der Waals surface area contributed by atoms with Crippen molar-refractivity contribution in [3.8, 4) is 0 Å². The van der Waals surface area contributed by atoms with E-state index in [0.717, 1.165) is 17.7 Å². The second kappa shape index (κ2) is 7.23. The van der Waals surface area contributed by atoms with Crippen molar-refractivity contribution >= 4 is 5.69 Å². The minimum atomic E-state index is 0.0645. The van der Waals surface area contributed by atoms with E-state index in [1.54, 1.807) is 12.4 Å². The summed E-state index contributed by atoms with van der Waals surface area (Å²) >= 11 is 0. The maximum Gasteiger partial charge on any atom is 0.0703 e. The molecule has 0 radical (unpaired) electrons. The summed E-state index contributed by atoms with van der Waals surface area (Å²) in [5, 5.41) is 12.7. The average molecular weight is 222 g/mol. The molecule has 1 heterocycles. The summed E-state index contributed by atoms with van der Waals surface area (Å²) in [5.41, 5.74) is 1.89. The highest BCUT2D eigenvalue weighted by atomic mass is 16.3. The molecule has 0 aliphatic rings. The molecule has 0 bridgehead atoms. The lowest BCUT2D eigenvalue weighted by Crippen LogP contribution is -2.19. The summed E-state index contributed by atoms with van der Waals surface area (Å²) in [6.45, 7) is 4.45. The Morgan fingerprint density at radius 2 is 2.25 bits per heavy atom. The summed E-state index contributed by atoms with van der Waals surface area (Å²) in [6, 6.07) is 2.34. The number of aliphatic hydroxyl groups is 1. The van der Waals surface area contributed by atoms with Crippen LogP contribution >= 0.6 is 0 Å². The van der Waals surface area contributed by atoms with Crippen LogP contribution in [0.25, 0.3) is 0 Å². The lowest BCUT2D eigenvalue weighted by molar-refractivity contribution is 0.282. The van der Waals surface area contributed by atoms with E-state index in [-0.39, 0.29) is 6.61 Å². The predicted octanol–water partition coefficient (Wildman–Crippen LogP) is 2.95. The third-order valence-corrected chi connectivity index (χ3v) is 2.84. The van der Waals surface area contributed by atoms with Crippen LogP contribution in [-0.4, -0.2) is 16.1 Å². The summed E-state index contributed by atoms with van der Waals surface area (Å²) < 4.78 is 0. The smallest absolute Gasteiger partial charge is 0.0703 e. The molecule has 1 unspecified atom stereocenters. The van der Waals surface area contributed by atoms with Crippen molar-refractivity contribution in [2.24, 2.45) is 0 Å². The second-order valence-corrected chi connectivity index (χ2v) is 4.08. The van der Waals surface area contributed by atoms with Crippen LogP contribution in [0.5, 0.6) is 0 Å². The van der Waals surface area contributed by atoms with E-state index < -0.39 is 0 Å². The van der Waals surface area contributed by atoms with Crippen LogP contribution in [0.15, 0.2) is 18.5 Å². The number of rotatable bonds is 7. The Morgan fingerprint density at radius 1 is 1.44 bits per heavy atom. The lowest BCUT2D eigenvalue weighted by atomic mass is 10.1. The van der Waals surface area contributed by atoms with Gasteiger partial charge in [0, 0.05) is 17.8 Å². The Morgan fingerprint density at radius 3 is 2.88 bits per heavy atom. The highest BCUT2D eigenvalue weighted by molar-refractivity contribution is 5.49. The summed E-state index contributed by atoms with van der Waals surface area (Å²) in [6.07, 6.45) is 8.23. The topological polar surface area (TPSA) is 45.2 Å². The number of hydrogen-bond acceptors (Lipinski definition) is 3. The van der Waals surface area contributed by atoms with Crippen molar-refractivity contribution in [3.63, 3.8) is 0 Å². The Balaban J connectivity index is 2.62. The van der Waals surface area contributed by atoms with E-state index in [0.29, 0.717) is 6.04 Å². The lowest BCUT2D eigenvalue weighted by Gasteiger charge is -2.19. The van der Waals surface area contributed by atoms with Gasteiger partial charge in [0.2, 0.25) is 0 Å². The molecule has 0 saturated heterocycles. The fourth-order valence-electron chi connectivity index (χ4n) is 1.74. The minimum absolute atomic E-state index is 0.0645. The van der Waals surface area contributed by atoms with Crippen LogP contribution < -0.4 is 5.32 Å². The van der Waals surface area contributed by atoms with Crippen LogP contribution in [0.4, 0.5) is 5.69 Å². The molecule has 3 nitrogen and oxygen atoms in total. The Labute approximate surface area is 97.9 Å². The molecule has 0 spiro atoms. The molecule has 16 heavy (non-hydrogen) atoms. The summed E-state index contributed by atoms with van der Waals surface area (Å²) in [7, 11) is 0. The van der Waals surface area contributed by atoms with Crippen molar-refractivity contribution < 1.29 is 5.11 Å². The molecule has 0 aromatic carbocycles. The first kappa shape index (κ1) is 13.0. The van der Waals surface area contributed by atoms with Crippen LogP contribution in [0, 0.1) is 0 Å². The number of unbranched alkanes of at least 4 members (excludes halogenated alkanes) is 1. The number of aliphatic hydroxyl groups excluding tert-OH is 1. The third-order valence-electron chi connectivity index (χ3n) is 2.84. The van der Waals surface area contributed by atoms with Gasteiger partial charge in [-0.25, -0.2) is 0 Å². The minimum Gasteiger partial charge on any atom is -0.392 e. The molecule has 1 aromatic heterocycles. The van der Waals surface area contributed by atoms with Gasteiger partial charge >= 0.3 is 0 Å². The fraction of sp³-hybridized carbons (Fsp3) is 0.615. The molecule has 90 valence electrons. The van der Waals surface area contributed by atoms with E-state index in [4.69, 9.17) is 0 Å². The fourth-order valence-corrected chi connectivity index (χ4v) is 1.74. The zero-order chi connectivity index (χ0) is 11.8. The molecule has 0 amide bonds. The van der Waals surface area contributed by atoms with Gasteiger partial charge in [0.25, 0.3) is 0 Å². The highest BCUT2D eigenvalue weighted by Gasteiger charge is 2.08. The van der Waals surface area contributed by atoms with Crippen molar-refractivity contribution in [1.82, 2.24) is 4.98 Å². The Hall–Kier alpha value is -1.09. The maximum atomic E-state index is 9.21. The first-order valence-corrected chi connectivity index (χ1v) is 6.12. The normalized spacial score (nSPS) is 12.4. The number of pyridine rings is 1. The Kier molecular flexibility index (Phi) is 5.86. The average Bonchev–Trinajstić information content (AvgIpc) is 2.34. The van der Waals surface area contributed by atoms with Crippen LogP contribution in [0.3, 0.4) is 0 Å². The molecular formula is C13H22N2O.